The van der Waals surface area contributed by atoms with Crippen molar-refractivity contribution < 1.29 is 17.9 Å². The molecule has 0 aliphatic carbocycles. The largest absolute Gasteiger partial charge is 0.479 e. The minimum absolute atomic E-state index is 0.0561. The Kier molecular flexibility index (Phi) is 9.53. The maximum atomic E-state index is 13.9. The number of fused-ring (bicyclic) bond motifs is 1. The lowest BCUT2D eigenvalue weighted by atomic mass is 9.97. The van der Waals surface area contributed by atoms with E-state index in [1.54, 1.807) is 35.7 Å². The van der Waals surface area contributed by atoms with Crippen molar-refractivity contribution in [3.05, 3.63) is 72.3 Å². The molecule has 1 heterocycles. The van der Waals surface area contributed by atoms with Crippen LogP contribution in [0, 0.1) is 17.2 Å². The van der Waals surface area contributed by atoms with Gasteiger partial charge in [0.2, 0.25) is 10.0 Å². The summed E-state index contributed by atoms with van der Waals surface area (Å²) in [7, 11) is -2.08. The van der Waals surface area contributed by atoms with Crippen LogP contribution in [-0.2, 0) is 21.3 Å². The average molecular weight is 522 g/mol. The number of sulfonamides is 1. The molecule has 196 valence electrons. The summed E-state index contributed by atoms with van der Waals surface area (Å²) in [6.45, 7) is 4.14. The van der Waals surface area contributed by atoms with Crippen LogP contribution in [-0.4, -0.2) is 64.1 Å². The Bertz CT molecular complexity index is 1310. The first-order chi connectivity index (χ1) is 18.0. The van der Waals surface area contributed by atoms with Gasteiger partial charge in [0.15, 0.2) is 6.61 Å². The monoisotopic (exact) mass is 521 g/mol. The topological polar surface area (TPSA) is 82.9 Å². The summed E-state index contributed by atoms with van der Waals surface area (Å²) in [5.74, 6) is 0.808. The van der Waals surface area contributed by atoms with Gasteiger partial charge in [0.25, 0.3) is 0 Å². The predicted octanol–water partition coefficient (Wildman–Crippen LogP) is 4.68. The van der Waals surface area contributed by atoms with Gasteiger partial charge in [-0.05, 0) is 72.3 Å². The van der Waals surface area contributed by atoms with Crippen LogP contribution in [0.4, 0.5) is 0 Å². The van der Waals surface area contributed by atoms with E-state index in [2.05, 4.69) is 29.2 Å². The number of nitriles is 1. The van der Waals surface area contributed by atoms with Crippen LogP contribution in [0.1, 0.15) is 24.8 Å². The summed E-state index contributed by atoms with van der Waals surface area (Å²) in [6, 6.07) is 23.0. The maximum Gasteiger partial charge on any atom is 0.243 e. The SMILES string of the molecule is COCCCN(CC1CCCN(Cc2ccccc2)C1)S(=O)(=O)c1ccc2ccc(OCC#N)cc2c1. The Morgan fingerprint density at radius 2 is 1.89 bits per heavy atom. The van der Waals surface area contributed by atoms with E-state index in [1.165, 1.54) is 5.56 Å². The molecule has 3 aromatic rings. The van der Waals surface area contributed by atoms with Gasteiger partial charge in [-0.25, -0.2) is 8.42 Å². The molecule has 37 heavy (non-hydrogen) atoms. The van der Waals surface area contributed by atoms with Gasteiger partial charge < -0.3 is 9.47 Å². The third-order valence-corrected chi connectivity index (χ3v) is 8.66. The Balaban J connectivity index is 1.53. The van der Waals surface area contributed by atoms with Crippen LogP contribution in [0.2, 0.25) is 0 Å². The molecule has 4 rings (SSSR count). The highest BCUT2D eigenvalue weighted by Crippen LogP contribution is 2.27. The zero-order chi connectivity index (χ0) is 26.1. The van der Waals surface area contributed by atoms with E-state index >= 15 is 0 Å². The number of benzene rings is 3. The molecule has 1 aliphatic rings. The molecule has 0 spiro atoms. The summed E-state index contributed by atoms with van der Waals surface area (Å²) in [5, 5.41) is 10.5. The first-order valence-corrected chi connectivity index (χ1v) is 14.2. The van der Waals surface area contributed by atoms with E-state index < -0.39 is 10.0 Å². The molecule has 7 nitrogen and oxygen atoms in total. The third-order valence-electron chi connectivity index (χ3n) is 6.79. The summed E-state index contributed by atoms with van der Waals surface area (Å²) >= 11 is 0. The van der Waals surface area contributed by atoms with Crippen molar-refractivity contribution in [3.8, 4) is 11.8 Å². The maximum absolute atomic E-state index is 13.9. The van der Waals surface area contributed by atoms with E-state index in [0.29, 0.717) is 31.9 Å². The second-order valence-corrected chi connectivity index (χ2v) is 11.5. The number of rotatable bonds is 12. The second kappa shape index (κ2) is 13.0. The predicted molar refractivity (Wildman–Crippen MR) is 145 cm³/mol. The van der Waals surface area contributed by atoms with Gasteiger partial charge in [-0.2, -0.15) is 9.57 Å². The molecule has 8 heteroatoms. The molecule has 1 aliphatic heterocycles. The molecule has 0 radical (unpaired) electrons. The van der Waals surface area contributed by atoms with Crippen molar-refractivity contribution in [1.29, 1.82) is 5.26 Å². The fraction of sp³-hybridized carbons (Fsp3) is 0.414. The number of piperidine rings is 1. The molecule has 1 fully saturated rings. The second-order valence-electron chi connectivity index (χ2n) is 9.56. The Labute approximate surface area is 220 Å². The molecule has 0 aromatic heterocycles. The number of methoxy groups -OCH3 is 1. The van der Waals surface area contributed by atoms with E-state index in [9.17, 15) is 8.42 Å². The molecule has 1 atom stereocenters. The number of hydrogen-bond acceptors (Lipinski definition) is 6. The van der Waals surface area contributed by atoms with Crippen LogP contribution in [0.5, 0.6) is 5.75 Å². The highest BCUT2D eigenvalue weighted by Gasteiger charge is 2.29. The highest BCUT2D eigenvalue weighted by atomic mass is 32.2. The van der Waals surface area contributed by atoms with Crippen LogP contribution in [0.3, 0.4) is 0 Å². The van der Waals surface area contributed by atoms with E-state index in [0.717, 1.165) is 43.2 Å². The minimum atomic E-state index is -3.71. The Morgan fingerprint density at radius 3 is 2.68 bits per heavy atom. The van der Waals surface area contributed by atoms with Crippen LogP contribution in [0.25, 0.3) is 10.8 Å². The van der Waals surface area contributed by atoms with Gasteiger partial charge in [0.05, 0.1) is 4.90 Å². The van der Waals surface area contributed by atoms with Crippen molar-refractivity contribution >= 4 is 20.8 Å². The summed E-state index contributed by atoms with van der Waals surface area (Å²) in [4.78, 5) is 2.70. The Morgan fingerprint density at radius 1 is 1.08 bits per heavy atom. The molecule has 1 saturated heterocycles. The molecule has 0 amide bonds. The molecular weight excluding hydrogens is 486 g/mol. The van der Waals surface area contributed by atoms with Crippen LogP contribution >= 0.6 is 0 Å². The molecule has 0 bridgehead atoms. The van der Waals surface area contributed by atoms with Crippen molar-refractivity contribution in [2.75, 3.05) is 46.5 Å². The molecule has 0 saturated carbocycles. The average Bonchev–Trinajstić information content (AvgIpc) is 2.91. The zero-order valence-corrected chi connectivity index (χ0v) is 22.2. The van der Waals surface area contributed by atoms with E-state index in [4.69, 9.17) is 14.7 Å². The molecular formula is C29H35N3O4S. The number of nitrogens with zero attached hydrogens (tertiary/aromatic N) is 3. The fourth-order valence-electron chi connectivity index (χ4n) is 4.99. The third kappa shape index (κ3) is 7.30. The summed E-state index contributed by atoms with van der Waals surface area (Å²) < 4.78 is 40.0. The van der Waals surface area contributed by atoms with Gasteiger partial charge in [-0.3, -0.25) is 4.90 Å². The van der Waals surface area contributed by atoms with Gasteiger partial charge in [-0.1, -0.05) is 42.5 Å². The van der Waals surface area contributed by atoms with Crippen molar-refractivity contribution in [2.45, 2.75) is 30.7 Å². The van der Waals surface area contributed by atoms with Crippen molar-refractivity contribution in [3.63, 3.8) is 0 Å². The van der Waals surface area contributed by atoms with Crippen molar-refractivity contribution in [2.24, 2.45) is 5.92 Å². The standard InChI is InChI=1S/C29H35N3O4S/c1-35-17-6-16-32(23-25-9-5-15-31(22-25)21-24-7-3-2-4-8-24)37(33,34)29-13-11-26-10-12-28(36-18-14-30)19-27(26)20-29/h2-4,7-8,10-13,19-20,25H,5-6,9,15-18,21-23H2,1H3. The number of hydrogen-bond donors (Lipinski definition) is 0. The van der Waals surface area contributed by atoms with E-state index in [-0.39, 0.29) is 17.4 Å². The molecule has 1 unspecified atom stereocenters. The van der Waals surface area contributed by atoms with Crippen LogP contribution in [0.15, 0.2) is 71.6 Å². The Hall–Kier alpha value is -2.96. The van der Waals surface area contributed by atoms with Crippen LogP contribution < -0.4 is 4.74 Å². The van der Waals surface area contributed by atoms with Crippen molar-refractivity contribution in [1.82, 2.24) is 9.21 Å². The zero-order valence-electron chi connectivity index (χ0n) is 21.4. The van der Waals surface area contributed by atoms with Gasteiger partial charge >= 0.3 is 0 Å². The highest BCUT2D eigenvalue weighted by molar-refractivity contribution is 7.89. The van der Waals surface area contributed by atoms with Gasteiger partial charge in [0.1, 0.15) is 11.8 Å². The van der Waals surface area contributed by atoms with E-state index in [1.807, 2.05) is 24.3 Å². The normalized spacial score (nSPS) is 16.6. The number of ether oxygens (including phenoxy) is 2. The first kappa shape index (κ1) is 27.1. The lowest BCUT2D eigenvalue weighted by Crippen LogP contribution is -2.43. The minimum Gasteiger partial charge on any atom is -0.479 e. The number of likely N-dealkylation sites (tertiary alicyclic amines) is 1. The lowest BCUT2D eigenvalue weighted by Gasteiger charge is -2.35. The smallest absolute Gasteiger partial charge is 0.243 e. The summed E-state index contributed by atoms with van der Waals surface area (Å²) in [6.07, 6.45) is 2.71. The summed E-state index contributed by atoms with van der Waals surface area (Å²) in [5.41, 5.74) is 1.28. The quantitative estimate of drug-likeness (QED) is 0.322. The first-order valence-electron chi connectivity index (χ1n) is 12.8. The lowest BCUT2D eigenvalue weighted by molar-refractivity contribution is 0.145. The molecule has 3 aromatic carbocycles. The van der Waals surface area contributed by atoms with Gasteiger partial charge in [0, 0.05) is 39.9 Å². The molecule has 0 N–H and O–H groups in total. The fourth-order valence-corrected chi connectivity index (χ4v) is 6.58. The van der Waals surface area contributed by atoms with Gasteiger partial charge in [-0.15, -0.1) is 0 Å².